The summed E-state index contributed by atoms with van der Waals surface area (Å²) in [7, 11) is 0. The third-order valence-electron chi connectivity index (χ3n) is 2.81. The van der Waals surface area contributed by atoms with E-state index in [1.54, 1.807) is 12.3 Å². The first kappa shape index (κ1) is 11.4. The zero-order valence-corrected chi connectivity index (χ0v) is 9.97. The van der Waals surface area contributed by atoms with Crippen LogP contribution in [0.15, 0.2) is 35.3 Å². The molecule has 0 unspecified atom stereocenters. The third kappa shape index (κ3) is 2.36. The Morgan fingerprint density at radius 2 is 2.12 bits per heavy atom. The SMILES string of the molecule is Cc1cnn(Cc2cccc(N)c2C)c(=O)c1. The first-order chi connectivity index (χ1) is 8.08. The summed E-state index contributed by atoms with van der Waals surface area (Å²) in [5.74, 6) is 0. The molecule has 0 bridgehead atoms. The molecule has 17 heavy (non-hydrogen) atoms. The largest absolute Gasteiger partial charge is 0.399 e. The second kappa shape index (κ2) is 4.41. The lowest BCUT2D eigenvalue weighted by molar-refractivity contribution is 0.634. The average molecular weight is 229 g/mol. The molecule has 2 rings (SSSR count). The van der Waals surface area contributed by atoms with Gasteiger partial charge in [-0.25, -0.2) is 4.68 Å². The number of nitrogens with two attached hydrogens (primary N) is 1. The second-order valence-electron chi connectivity index (χ2n) is 4.16. The van der Waals surface area contributed by atoms with E-state index in [0.29, 0.717) is 6.54 Å². The molecule has 0 radical (unpaired) electrons. The maximum absolute atomic E-state index is 11.7. The van der Waals surface area contributed by atoms with Crippen LogP contribution in [0.25, 0.3) is 0 Å². The summed E-state index contributed by atoms with van der Waals surface area (Å²) in [6.45, 7) is 4.25. The number of benzene rings is 1. The van der Waals surface area contributed by atoms with Crippen molar-refractivity contribution in [1.29, 1.82) is 0 Å². The summed E-state index contributed by atoms with van der Waals surface area (Å²) in [6.07, 6.45) is 1.68. The molecule has 88 valence electrons. The van der Waals surface area contributed by atoms with Gasteiger partial charge in [-0.2, -0.15) is 5.10 Å². The molecule has 1 aromatic carbocycles. The van der Waals surface area contributed by atoms with E-state index in [9.17, 15) is 4.79 Å². The van der Waals surface area contributed by atoms with Crippen LogP contribution in [0.3, 0.4) is 0 Å². The Morgan fingerprint density at radius 3 is 2.82 bits per heavy atom. The molecule has 0 amide bonds. The minimum Gasteiger partial charge on any atom is -0.399 e. The molecule has 1 aromatic heterocycles. The van der Waals surface area contributed by atoms with Crippen LogP contribution in [-0.2, 0) is 6.54 Å². The molecule has 0 fully saturated rings. The van der Waals surface area contributed by atoms with Gasteiger partial charge in [0.15, 0.2) is 0 Å². The number of hydrogen-bond acceptors (Lipinski definition) is 3. The van der Waals surface area contributed by atoms with Crippen molar-refractivity contribution in [3.05, 3.63) is 57.5 Å². The van der Waals surface area contributed by atoms with Crippen molar-refractivity contribution >= 4 is 5.69 Å². The van der Waals surface area contributed by atoms with E-state index in [0.717, 1.165) is 22.4 Å². The Kier molecular flexibility index (Phi) is 2.95. The fraction of sp³-hybridized carbons (Fsp3) is 0.231. The van der Waals surface area contributed by atoms with Gasteiger partial charge in [0.25, 0.3) is 5.56 Å². The Labute approximate surface area is 99.7 Å². The van der Waals surface area contributed by atoms with Crippen molar-refractivity contribution in [2.24, 2.45) is 0 Å². The number of nitrogen functional groups attached to an aromatic ring is 1. The van der Waals surface area contributed by atoms with Crippen LogP contribution in [0.4, 0.5) is 5.69 Å². The molecular formula is C13H15N3O. The molecule has 0 saturated carbocycles. The number of hydrogen-bond donors (Lipinski definition) is 1. The minimum absolute atomic E-state index is 0.0909. The number of rotatable bonds is 2. The third-order valence-corrected chi connectivity index (χ3v) is 2.81. The highest BCUT2D eigenvalue weighted by Crippen LogP contribution is 2.15. The van der Waals surface area contributed by atoms with Gasteiger partial charge < -0.3 is 5.73 Å². The molecule has 0 aliphatic carbocycles. The van der Waals surface area contributed by atoms with E-state index in [4.69, 9.17) is 5.73 Å². The van der Waals surface area contributed by atoms with Crippen LogP contribution in [0.2, 0.25) is 0 Å². The van der Waals surface area contributed by atoms with Crippen molar-refractivity contribution in [1.82, 2.24) is 9.78 Å². The topological polar surface area (TPSA) is 60.9 Å². The maximum atomic E-state index is 11.7. The molecule has 2 N–H and O–H groups in total. The van der Waals surface area contributed by atoms with Gasteiger partial charge in [0.05, 0.1) is 12.7 Å². The Balaban J connectivity index is 2.38. The van der Waals surface area contributed by atoms with E-state index < -0.39 is 0 Å². The van der Waals surface area contributed by atoms with Gasteiger partial charge >= 0.3 is 0 Å². The summed E-state index contributed by atoms with van der Waals surface area (Å²) in [6, 6.07) is 7.27. The van der Waals surface area contributed by atoms with Crippen molar-refractivity contribution in [2.45, 2.75) is 20.4 Å². The highest BCUT2D eigenvalue weighted by atomic mass is 16.1. The molecule has 0 aliphatic heterocycles. The maximum Gasteiger partial charge on any atom is 0.267 e. The van der Waals surface area contributed by atoms with Gasteiger partial charge in [-0.3, -0.25) is 4.79 Å². The Morgan fingerprint density at radius 1 is 1.35 bits per heavy atom. The molecule has 4 heteroatoms. The van der Waals surface area contributed by atoms with Crippen LogP contribution in [0, 0.1) is 13.8 Å². The van der Waals surface area contributed by atoms with Crippen LogP contribution >= 0.6 is 0 Å². The van der Waals surface area contributed by atoms with E-state index in [-0.39, 0.29) is 5.56 Å². The number of aryl methyl sites for hydroxylation is 1. The van der Waals surface area contributed by atoms with E-state index in [1.807, 2.05) is 32.0 Å². The zero-order chi connectivity index (χ0) is 12.4. The van der Waals surface area contributed by atoms with E-state index in [2.05, 4.69) is 5.10 Å². The highest BCUT2D eigenvalue weighted by Gasteiger charge is 2.04. The smallest absolute Gasteiger partial charge is 0.267 e. The van der Waals surface area contributed by atoms with Crippen molar-refractivity contribution < 1.29 is 0 Å². The van der Waals surface area contributed by atoms with Crippen molar-refractivity contribution in [3.63, 3.8) is 0 Å². The van der Waals surface area contributed by atoms with E-state index >= 15 is 0 Å². The van der Waals surface area contributed by atoms with Crippen LogP contribution in [-0.4, -0.2) is 9.78 Å². The van der Waals surface area contributed by atoms with Gasteiger partial charge in [0, 0.05) is 11.8 Å². The van der Waals surface area contributed by atoms with Crippen molar-refractivity contribution in [3.8, 4) is 0 Å². The normalized spacial score (nSPS) is 10.5. The average Bonchev–Trinajstić information content (AvgIpc) is 2.28. The van der Waals surface area contributed by atoms with Gasteiger partial charge in [0.1, 0.15) is 0 Å². The molecule has 0 atom stereocenters. The van der Waals surface area contributed by atoms with E-state index in [1.165, 1.54) is 4.68 Å². The summed E-state index contributed by atoms with van der Waals surface area (Å²) in [5, 5.41) is 4.11. The first-order valence-corrected chi connectivity index (χ1v) is 5.45. The quantitative estimate of drug-likeness (QED) is 0.794. The summed E-state index contributed by atoms with van der Waals surface area (Å²) in [4.78, 5) is 11.7. The fourth-order valence-electron chi connectivity index (χ4n) is 1.68. The Hall–Kier alpha value is -2.10. The molecule has 0 aliphatic rings. The summed E-state index contributed by atoms with van der Waals surface area (Å²) < 4.78 is 1.44. The highest BCUT2D eigenvalue weighted by molar-refractivity contribution is 5.49. The number of aromatic nitrogens is 2. The van der Waals surface area contributed by atoms with Crippen LogP contribution in [0.1, 0.15) is 16.7 Å². The van der Waals surface area contributed by atoms with Gasteiger partial charge in [0.2, 0.25) is 0 Å². The number of anilines is 1. The van der Waals surface area contributed by atoms with Gasteiger partial charge in [-0.1, -0.05) is 12.1 Å². The Bertz CT molecular complexity index is 602. The summed E-state index contributed by atoms with van der Waals surface area (Å²) >= 11 is 0. The second-order valence-corrected chi connectivity index (χ2v) is 4.16. The lowest BCUT2D eigenvalue weighted by atomic mass is 10.1. The van der Waals surface area contributed by atoms with Crippen LogP contribution < -0.4 is 11.3 Å². The van der Waals surface area contributed by atoms with Gasteiger partial charge in [-0.15, -0.1) is 0 Å². The lowest BCUT2D eigenvalue weighted by Gasteiger charge is -2.09. The predicted octanol–water partition coefficient (Wildman–Crippen LogP) is 1.49. The molecule has 1 heterocycles. The van der Waals surface area contributed by atoms with Crippen LogP contribution in [0.5, 0.6) is 0 Å². The van der Waals surface area contributed by atoms with Crippen molar-refractivity contribution in [2.75, 3.05) is 5.73 Å². The molecule has 0 spiro atoms. The minimum atomic E-state index is -0.0909. The standard InChI is InChI=1S/C13H15N3O/c1-9-6-13(17)16(15-7-9)8-11-4-3-5-12(14)10(11)2/h3-7H,8,14H2,1-2H3. The van der Waals surface area contributed by atoms with Gasteiger partial charge in [-0.05, 0) is 36.6 Å². The molecule has 0 saturated heterocycles. The fourth-order valence-corrected chi connectivity index (χ4v) is 1.68. The first-order valence-electron chi connectivity index (χ1n) is 5.45. The molecular weight excluding hydrogens is 214 g/mol. The zero-order valence-electron chi connectivity index (χ0n) is 9.97. The molecule has 2 aromatic rings. The molecule has 4 nitrogen and oxygen atoms in total. The lowest BCUT2D eigenvalue weighted by Crippen LogP contribution is -2.23. The predicted molar refractivity (Wildman–Crippen MR) is 67.9 cm³/mol. The number of nitrogens with zero attached hydrogens (tertiary/aromatic N) is 2. The summed E-state index contributed by atoms with van der Waals surface area (Å²) in [5.41, 5.74) is 9.37. The monoisotopic (exact) mass is 229 g/mol.